The molecule has 0 fully saturated rings. The van der Waals surface area contributed by atoms with Crippen molar-refractivity contribution in [3.05, 3.63) is 245 Å². The van der Waals surface area contributed by atoms with Crippen LogP contribution in [0.5, 0.6) is 0 Å². The van der Waals surface area contributed by atoms with Crippen LogP contribution in [0.1, 0.15) is 65.7 Å². The van der Waals surface area contributed by atoms with Gasteiger partial charge in [-0.2, -0.15) is 0 Å². The van der Waals surface area contributed by atoms with Gasteiger partial charge in [0.1, 0.15) is 10.8 Å². The lowest BCUT2D eigenvalue weighted by Gasteiger charge is -2.28. The van der Waals surface area contributed by atoms with Gasteiger partial charge >= 0.3 is 0 Å². The molecule has 2 spiro atoms. The lowest BCUT2D eigenvalue weighted by atomic mass is 9.71. The highest BCUT2D eigenvalue weighted by Crippen LogP contribution is 2.53. The number of carbonyl (C=O) groups excluding carboxylic acids is 2. The highest BCUT2D eigenvalue weighted by atomic mass is 35.5. The summed E-state index contributed by atoms with van der Waals surface area (Å²) >= 11 is 28.4. The minimum atomic E-state index is -1.46. The van der Waals surface area contributed by atoms with Crippen LogP contribution < -0.4 is 0 Å². The molecule has 10 heteroatoms. The number of halogens is 4. The number of aliphatic imine (C=N–C) groups is 2. The molecule has 3 aliphatic heterocycles. The van der Waals surface area contributed by atoms with Gasteiger partial charge in [0.15, 0.2) is 11.6 Å². The Morgan fingerprint density at radius 2 is 0.812 bits per heavy atom. The first kappa shape index (κ1) is 37.7. The molecule has 8 aromatic rings. The zero-order chi connectivity index (χ0) is 43.2. The first-order chi connectivity index (χ1) is 31.2. The van der Waals surface area contributed by atoms with Crippen LogP contribution in [-0.4, -0.2) is 33.0 Å². The maximum Gasteiger partial charge on any atom is 0.186 e. The number of allylic oxidation sites excluding steroid dienone is 4. The number of benzene rings is 6. The largest absolute Gasteiger partial charge is 0.357 e. The summed E-state index contributed by atoms with van der Waals surface area (Å²) in [4.78, 5) is 49.5. The number of H-pyrrole nitrogens is 2. The maximum atomic E-state index is 15.6. The molecule has 0 atom stereocenters. The molecule has 0 unspecified atom stereocenters. The lowest BCUT2D eigenvalue weighted by Crippen LogP contribution is -2.46. The Bertz CT molecular complexity index is 3540. The number of Topliss-reactive ketones (excluding diaryl/α,β-unsaturated/α-hetero) is 2. The maximum absolute atomic E-state index is 15.6. The second kappa shape index (κ2) is 13.4. The van der Waals surface area contributed by atoms with Gasteiger partial charge in [0.05, 0.1) is 42.9 Å². The van der Waals surface area contributed by atoms with Crippen LogP contribution in [0.25, 0.3) is 32.7 Å². The number of carbonyl (C=O) groups is 2. The zero-order valence-corrected chi connectivity index (χ0v) is 36.3. The van der Waals surface area contributed by atoms with Gasteiger partial charge in [-0.15, -0.1) is 0 Å². The fourth-order valence-corrected chi connectivity index (χ4v) is 12.0. The second-order valence-electron chi connectivity index (χ2n) is 16.5. The molecule has 2 N–H and O–H groups in total. The van der Waals surface area contributed by atoms with E-state index in [1.165, 1.54) is 0 Å². The number of fused-ring (bicyclic) bond motifs is 12. The quantitative estimate of drug-likeness (QED) is 0.181. The second-order valence-corrected chi connectivity index (χ2v) is 18.2. The molecule has 8 bridgehead atoms. The molecular weight excluding hydrogens is 878 g/mol. The fourth-order valence-electron chi connectivity index (χ4n) is 10.9. The van der Waals surface area contributed by atoms with Crippen molar-refractivity contribution in [2.75, 3.05) is 0 Å². The van der Waals surface area contributed by atoms with E-state index in [2.05, 4.69) is 9.97 Å². The minimum Gasteiger partial charge on any atom is -0.357 e. The van der Waals surface area contributed by atoms with Crippen LogP contribution in [0.2, 0.25) is 20.1 Å². The normalized spacial score (nSPS) is 22.6. The minimum absolute atomic E-state index is 0.102. The summed E-state index contributed by atoms with van der Waals surface area (Å²) in [6.07, 6.45) is 7.58. The average molecular weight is 907 g/mol. The number of ketones is 2. The number of hydrogen-bond donors (Lipinski definition) is 2. The number of aromatic nitrogens is 2. The number of hydrogen-bond acceptors (Lipinski definition) is 4. The van der Waals surface area contributed by atoms with Crippen LogP contribution in [-0.2, 0) is 10.8 Å². The van der Waals surface area contributed by atoms with Crippen LogP contribution in [0.3, 0.4) is 0 Å². The number of nitrogens with one attached hydrogen (secondary N) is 2. The standard InChI is InChI=1S/C54H28Cl4N4O2/c55-33-15-5-16-34(56)47(33)49-37-19-23-41(59-37)53(31-13-3-9-27-7-1-11-29(45(27)31)51(53)63)42-24-20-38(60-42)50(48-35(57)17-6-18-36(48)58)40-22-26-44(62-40)54(43-25-21-39(49)61-43)32-14-4-10-28-8-2-12-30(46(28)32)52(54)64/h1-26,59-60H/b49-39+,50-40+. The SMILES string of the molecule is O=C1c2cccc3cccc(c23)C12C1=N/C(=C(/c3c(Cl)cccc3Cl)c3ccc([nH]3)C3(C(=O)c4cccc5cccc3c45)c3ccc([nH]3)/C(c3c(Cl)cccc3Cl)=C3/C=CC2=N3)C=C1. The molecule has 2 aliphatic carbocycles. The predicted octanol–water partition coefficient (Wildman–Crippen LogP) is 13.5. The fraction of sp³-hybridized carbons (Fsp3) is 0.0370. The van der Waals surface area contributed by atoms with Crippen LogP contribution >= 0.6 is 46.4 Å². The Kier molecular flexibility index (Phi) is 7.88. The highest BCUT2D eigenvalue weighted by molar-refractivity contribution is 6.47. The van der Waals surface area contributed by atoms with Crippen molar-refractivity contribution in [1.82, 2.24) is 9.97 Å². The molecule has 0 amide bonds. The van der Waals surface area contributed by atoms with Crippen LogP contribution in [0, 0.1) is 0 Å². The first-order valence-electron chi connectivity index (χ1n) is 20.7. The van der Waals surface area contributed by atoms with E-state index in [0.717, 1.165) is 32.7 Å². The molecule has 2 aromatic heterocycles. The Balaban J connectivity index is 1.19. The third-order valence-electron chi connectivity index (χ3n) is 13.5. The van der Waals surface area contributed by atoms with E-state index in [4.69, 9.17) is 56.4 Å². The molecule has 0 saturated carbocycles. The number of nitrogens with zero attached hydrogens (tertiary/aromatic N) is 2. The molecule has 304 valence electrons. The monoisotopic (exact) mass is 904 g/mol. The molecule has 5 aliphatic rings. The zero-order valence-electron chi connectivity index (χ0n) is 33.2. The van der Waals surface area contributed by atoms with E-state index in [1.807, 2.05) is 121 Å². The van der Waals surface area contributed by atoms with Gasteiger partial charge in [0.25, 0.3) is 0 Å². The summed E-state index contributed by atoms with van der Waals surface area (Å²) in [5.41, 5.74) is 6.68. The molecule has 0 radical (unpaired) electrons. The van der Waals surface area contributed by atoms with Gasteiger partial charge in [-0.25, -0.2) is 0 Å². The van der Waals surface area contributed by atoms with Crippen molar-refractivity contribution < 1.29 is 9.59 Å². The summed E-state index contributed by atoms with van der Waals surface area (Å²) in [6.45, 7) is 0. The van der Waals surface area contributed by atoms with Crippen LogP contribution in [0.4, 0.5) is 0 Å². The van der Waals surface area contributed by atoms with E-state index < -0.39 is 10.8 Å². The van der Waals surface area contributed by atoms with Crippen molar-refractivity contribution in [2.45, 2.75) is 10.8 Å². The first-order valence-corrected chi connectivity index (χ1v) is 22.2. The Morgan fingerprint density at radius 3 is 1.27 bits per heavy atom. The van der Waals surface area contributed by atoms with Gasteiger partial charge < -0.3 is 9.97 Å². The van der Waals surface area contributed by atoms with Gasteiger partial charge in [-0.1, -0.05) is 131 Å². The smallest absolute Gasteiger partial charge is 0.186 e. The molecular formula is C54H28Cl4N4O2. The van der Waals surface area contributed by atoms with Crippen LogP contribution in [0.15, 0.2) is 179 Å². The third-order valence-corrected chi connectivity index (χ3v) is 14.8. The Morgan fingerprint density at radius 1 is 0.422 bits per heavy atom. The van der Waals surface area contributed by atoms with Gasteiger partial charge in [0.2, 0.25) is 0 Å². The van der Waals surface area contributed by atoms with Crippen molar-refractivity contribution in [2.24, 2.45) is 9.98 Å². The van der Waals surface area contributed by atoms with E-state index in [-0.39, 0.29) is 11.6 Å². The summed E-state index contributed by atoms with van der Waals surface area (Å²) in [5, 5.41) is 5.23. The van der Waals surface area contributed by atoms with Gasteiger partial charge in [-0.3, -0.25) is 19.6 Å². The molecule has 5 heterocycles. The topological polar surface area (TPSA) is 90.4 Å². The summed E-state index contributed by atoms with van der Waals surface area (Å²) in [5.74, 6) is -0.251. The highest BCUT2D eigenvalue weighted by Gasteiger charge is 2.56. The third kappa shape index (κ3) is 4.73. The van der Waals surface area contributed by atoms with E-state index >= 15 is 9.59 Å². The predicted molar refractivity (Wildman–Crippen MR) is 258 cm³/mol. The Labute approximate surface area is 385 Å². The molecule has 0 saturated heterocycles. The summed E-state index contributed by atoms with van der Waals surface area (Å²) in [7, 11) is 0. The van der Waals surface area contributed by atoms with Crippen molar-refractivity contribution in [3.63, 3.8) is 0 Å². The summed E-state index contributed by atoms with van der Waals surface area (Å²) < 4.78 is 0. The van der Waals surface area contributed by atoms with Crippen molar-refractivity contribution >= 4 is 102 Å². The van der Waals surface area contributed by atoms with Gasteiger partial charge in [0, 0.05) is 56.2 Å². The lowest BCUT2D eigenvalue weighted by molar-refractivity contribution is 0.0939. The van der Waals surface area contributed by atoms with Crippen molar-refractivity contribution in [1.29, 1.82) is 0 Å². The molecule has 13 rings (SSSR count). The van der Waals surface area contributed by atoms with Crippen molar-refractivity contribution in [3.8, 4) is 0 Å². The molecule has 64 heavy (non-hydrogen) atoms. The molecule has 6 nitrogen and oxygen atoms in total. The van der Waals surface area contributed by atoms with E-state index in [9.17, 15) is 0 Å². The van der Waals surface area contributed by atoms with E-state index in [0.29, 0.717) is 99.1 Å². The summed E-state index contributed by atoms with van der Waals surface area (Å²) in [6, 6.07) is 42.2. The number of rotatable bonds is 2. The average Bonchev–Trinajstić information content (AvgIpc) is 4.18. The van der Waals surface area contributed by atoms with E-state index in [1.54, 1.807) is 36.4 Å². The number of aromatic amines is 2. The van der Waals surface area contributed by atoms with Gasteiger partial charge in [-0.05, 0) is 106 Å². The molecule has 6 aromatic carbocycles. The Hall–Kier alpha value is -6.80.